The van der Waals surface area contributed by atoms with Gasteiger partial charge in [-0.25, -0.2) is 9.67 Å². The van der Waals surface area contributed by atoms with Crippen LogP contribution in [0.4, 0.5) is 0 Å². The number of likely N-dealkylation sites (tertiary alicyclic amines) is 1. The van der Waals surface area contributed by atoms with E-state index < -0.39 is 0 Å². The van der Waals surface area contributed by atoms with Crippen LogP contribution < -0.4 is 10.6 Å². The van der Waals surface area contributed by atoms with Crippen LogP contribution in [0.1, 0.15) is 37.8 Å². The van der Waals surface area contributed by atoms with Gasteiger partial charge in [-0.05, 0) is 45.2 Å². The van der Waals surface area contributed by atoms with E-state index in [2.05, 4.69) is 32.5 Å². The molecule has 9 nitrogen and oxygen atoms in total. The number of ether oxygens (including phenoxy) is 2. The van der Waals surface area contributed by atoms with Gasteiger partial charge in [-0.3, -0.25) is 4.99 Å². The van der Waals surface area contributed by atoms with Gasteiger partial charge in [0.1, 0.15) is 12.4 Å². The minimum atomic E-state index is 0.313. The standard InChI is InChI=1S/C20H37N7O2/c1-4-21-20(22-13-16-7-9-26(10-8-16)11-12-28-2)23-17-5-6-19-24-18(15-29-3)25-27(19)14-17/h16-17H,4-15H2,1-3H3,(H2,21,22,23). The van der Waals surface area contributed by atoms with E-state index in [0.717, 1.165) is 76.3 Å². The minimum Gasteiger partial charge on any atom is -0.383 e. The third-order valence-electron chi connectivity index (χ3n) is 5.69. The maximum Gasteiger partial charge on any atom is 0.191 e. The summed E-state index contributed by atoms with van der Waals surface area (Å²) in [6, 6.07) is 0.313. The number of aliphatic imine (C=N–C) groups is 1. The third kappa shape index (κ3) is 6.65. The van der Waals surface area contributed by atoms with Gasteiger partial charge in [0, 0.05) is 46.3 Å². The monoisotopic (exact) mass is 407 g/mol. The van der Waals surface area contributed by atoms with Crippen LogP contribution in [-0.4, -0.2) is 85.2 Å². The molecule has 3 heterocycles. The highest BCUT2D eigenvalue weighted by atomic mass is 16.5. The summed E-state index contributed by atoms with van der Waals surface area (Å²) in [5, 5.41) is 11.6. The van der Waals surface area contributed by atoms with Crippen LogP contribution in [0.3, 0.4) is 0 Å². The van der Waals surface area contributed by atoms with Gasteiger partial charge in [0.15, 0.2) is 11.8 Å². The first-order valence-electron chi connectivity index (χ1n) is 10.9. The molecule has 2 aliphatic heterocycles. The molecule has 0 amide bonds. The van der Waals surface area contributed by atoms with Crippen molar-refractivity contribution in [3.8, 4) is 0 Å². The van der Waals surface area contributed by atoms with E-state index in [1.165, 1.54) is 12.8 Å². The van der Waals surface area contributed by atoms with Crippen molar-refractivity contribution in [3.63, 3.8) is 0 Å². The topological polar surface area (TPSA) is 88.8 Å². The van der Waals surface area contributed by atoms with E-state index in [4.69, 9.17) is 14.5 Å². The number of fused-ring (bicyclic) bond motifs is 1. The predicted octanol–water partition coefficient (Wildman–Crippen LogP) is 0.653. The number of rotatable bonds is 9. The van der Waals surface area contributed by atoms with Crippen molar-refractivity contribution in [1.29, 1.82) is 0 Å². The second-order valence-electron chi connectivity index (χ2n) is 7.94. The largest absolute Gasteiger partial charge is 0.383 e. The first kappa shape index (κ1) is 22.0. The van der Waals surface area contributed by atoms with Gasteiger partial charge in [-0.1, -0.05) is 0 Å². The van der Waals surface area contributed by atoms with Crippen molar-refractivity contribution in [3.05, 3.63) is 11.6 Å². The summed E-state index contributed by atoms with van der Waals surface area (Å²) in [4.78, 5) is 11.9. The Morgan fingerprint density at radius 1 is 1.21 bits per heavy atom. The zero-order valence-corrected chi connectivity index (χ0v) is 18.2. The molecule has 9 heteroatoms. The highest BCUT2D eigenvalue weighted by Gasteiger charge is 2.23. The van der Waals surface area contributed by atoms with Crippen LogP contribution in [0.25, 0.3) is 0 Å². The van der Waals surface area contributed by atoms with Gasteiger partial charge in [0.05, 0.1) is 13.2 Å². The Hall–Kier alpha value is -1.71. The quantitative estimate of drug-likeness (QED) is 0.459. The van der Waals surface area contributed by atoms with Crippen molar-refractivity contribution >= 4 is 5.96 Å². The number of aromatic nitrogens is 3. The fraction of sp³-hybridized carbons (Fsp3) is 0.850. The van der Waals surface area contributed by atoms with Crippen LogP contribution >= 0.6 is 0 Å². The Balaban J connectivity index is 1.48. The molecule has 2 aliphatic rings. The molecule has 1 saturated heterocycles. The zero-order chi connectivity index (χ0) is 20.5. The van der Waals surface area contributed by atoms with Crippen LogP contribution in [0, 0.1) is 5.92 Å². The predicted molar refractivity (Wildman–Crippen MR) is 113 cm³/mol. The summed E-state index contributed by atoms with van der Waals surface area (Å²) in [6.07, 6.45) is 4.38. The lowest BCUT2D eigenvalue weighted by atomic mass is 9.97. The van der Waals surface area contributed by atoms with E-state index >= 15 is 0 Å². The van der Waals surface area contributed by atoms with Crippen LogP contribution in [0.2, 0.25) is 0 Å². The third-order valence-corrected chi connectivity index (χ3v) is 5.69. The number of guanidine groups is 1. The summed E-state index contributed by atoms with van der Waals surface area (Å²) < 4.78 is 12.3. The van der Waals surface area contributed by atoms with E-state index in [9.17, 15) is 0 Å². The average Bonchev–Trinajstić information content (AvgIpc) is 3.13. The Kier molecular flexibility index (Phi) is 8.69. The molecule has 0 aromatic carbocycles. The molecule has 1 atom stereocenters. The second-order valence-corrected chi connectivity index (χ2v) is 7.94. The molecule has 2 N–H and O–H groups in total. The Labute approximate surface area is 174 Å². The smallest absolute Gasteiger partial charge is 0.191 e. The number of methoxy groups -OCH3 is 2. The molecule has 0 saturated carbocycles. The molecule has 1 aromatic rings. The maximum atomic E-state index is 5.19. The fourth-order valence-electron chi connectivity index (χ4n) is 4.02. The summed E-state index contributed by atoms with van der Waals surface area (Å²) in [5.74, 6) is 3.40. The van der Waals surface area contributed by atoms with Gasteiger partial charge in [-0.15, -0.1) is 0 Å². The summed E-state index contributed by atoms with van der Waals surface area (Å²) in [7, 11) is 3.44. The highest BCUT2D eigenvalue weighted by Crippen LogP contribution is 2.17. The maximum absolute atomic E-state index is 5.19. The number of nitrogens with one attached hydrogen (secondary N) is 2. The van der Waals surface area contributed by atoms with Crippen molar-refractivity contribution in [2.24, 2.45) is 10.9 Å². The lowest BCUT2D eigenvalue weighted by molar-refractivity contribution is 0.121. The summed E-state index contributed by atoms with van der Waals surface area (Å²) in [5.41, 5.74) is 0. The molecule has 1 aromatic heterocycles. The molecule has 164 valence electrons. The van der Waals surface area contributed by atoms with Gasteiger partial charge in [-0.2, -0.15) is 5.10 Å². The van der Waals surface area contributed by atoms with Gasteiger partial charge >= 0.3 is 0 Å². The lowest BCUT2D eigenvalue weighted by Crippen LogP contribution is -2.47. The zero-order valence-electron chi connectivity index (χ0n) is 18.2. The van der Waals surface area contributed by atoms with Crippen molar-refractivity contribution in [2.75, 3.05) is 53.6 Å². The number of nitrogens with zero attached hydrogens (tertiary/aromatic N) is 5. The number of aryl methyl sites for hydroxylation is 1. The molecular weight excluding hydrogens is 370 g/mol. The second kappa shape index (κ2) is 11.5. The van der Waals surface area contributed by atoms with E-state index in [1.807, 2.05) is 4.68 Å². The van der Waals surface area contributed by atoms with Gasteiger partial charge < -0.3 is 25.0 Å². The minimum absolute atomic E-state index is 0.313. The molecule has 0 radical (unpaired) electrons. The Morgan fingerprint density at radius 2 is 2.03 bits per heavy atom. The van der Waals surface area contributed by atoms with Crippen LogP contribution in [-0.2, 0) is 29.0 Å². The molecule has 1 unspecified atom stereocenters. The normalized spacial score (nSPS) is 21.2. The van der Waals surface area contributed by atoms with Crippen LogP contribution in [0.15, 0.2) is 4.99 Å². The highest BCUT2D eigenvalue weighted by molar-refractivity contribution is 5.80. The van der Waals surface area contributed by atoms with Crippen molar-refractivity contribution in [1.82, 2.24) is 30.3 Å². The molecule has 0 aliphatic carbocycles. The van der Waals surface area contributed by atoms with E-state index in [1.54, 1.807) is 14.2 Å². The van der Waals surface area contributed by atoms with Crippen LogP contribution in [0.5, 0.6) is 0 Å². The first-order chi connectivity index (χ1) is 14.2. The lowest BCUT2D eigenvalue weighted by Gasteiger charge is -2.31. The SMILES string of the molecule is CCNC(=NCC1CCN(CCOC)CC1)NC1CCc2nc(COC)nn2C1. The molecule has 3 rings (SSSR count). The molecule has 29 heavy (non-hydrogen) atoms. The number of hydrogen-bond acceptors (Lipinski definition) is 6. The van der Waals surface area contributed by atoms with Crippen molar-refractivity contribution < 1.29 is 9.47 Å². The average molecular weight is 408 g/mol. The molecule has 0 bridgehead atoms. The van der Waals surface area contributed by atoms with Crippen molar-refractivity contribution in [2.45, 2.75) is 51.8 Å². The fourth-order valence-corrected chi connectivity index (χ4v) is 4.02. The van der Waals surface area contributed by atoms with Gasteiger partial charge in [0.25, 0.3) is 0 Å². The number of piperidine rings is 1. The Morgan fingerprint density at radius 3 is 2.76 bits per heavy atom. The number of hydrogen-bond donors (Lipinski definition) is 2. The summed E-state index contributed by atoms with van der Waals surface area (Å²) in [6.45, 7) is 9.28. The molecule has 0 spiro atoms. The van der Waals surface area contributed by atoms with E-state index in [0.29, 0.717) is 18.6 Å². The summed E-state index contributed by atoms with van der Waals surface area (Å²) >= 11 is 0. The molecule has 1 fully saturated rings. The van der Waals surface area contributed by atoms with Gasteiger partial charge in [0.2, 0.25) is 0 Å². The Bertz CT molecular complexity index is 641. The van der Waals surface area contributed by atoms with E-state index in [-0.39, 0.29) is 0 Å². The first-order valence-corrected chi connectivity index (χ1v) is 10.9. The molecular formula is C20H37N7O2.